The van der Waals surface area contributed by atoms with Crippen molar-refractivity contribution in [2.45, 2.75) is 13.0 Å². The Morgan fingerprint density at radius 2 is 2.08 bits per heavy atom. The minimum absolute atomic E-state index is 0.000355. The number of amides is 2. The molecule has 0 saturated carbocycles. The van der Waals surface area contributed by atoms with Crippen LogP contribution in [0.3, 0.4) is 0 Å². The number of benzene rings is 1. The normalized spacial score (nSPS) is 13.3. The minimum atomic E-state index is -0.154. The van der Waals surface area contributed by atoms with Crippen LogP contribution in [0.15, 0.2) is 45.6 Å². The lowest BCUT2D eigenvalue weighted by molar-refractivity contribution is 0.0735. The fraction of sp³-hybridized carbons (Fsp3) is 0.167. The van der Waals surface area contributed by atoms with Gasteiger partial charge in [0.05, 0.1) is 23.4 Å². The van der Waals surface area contributed by atoms with Crippen LogP contribution in [-0.2, 0) is 13.0 Å². The molecule has 0 spiro atoms. The predicted molar refractivity (Wildman–Crippen MR) is 107 cm³/mol. The van der Waals surface area contributed by atoms with Crippen molar-refractivity contribution in [2.75, 3.05) is 11.9 Å². The number of anilines is 1. The highest BCUT2D eigenvalue weighted by molar-refractivity contribution is 9.10. The lowest BCUT2D eigenvalue weighted by atomic mass is 10.1. The van der Waals surface area contributed by atoms with Gasteiger partial charge in [-0.2, -0.15) is 11.3 Å². The van der Waals surface area contributed by atoms with E-state index in [0.717, 1.165) is 15.0 Å². The van der Waals surface area contributed by atoms with E-state index in [-0.39, 0.29) is 11.8 Å². The third-order valence-corrected chi connectivity index (χ3v) is 6.50. The van der Waals surface area contributed by atoms with Gasteiger partial charge < -0.3 is 4.90 Å². The Kier molecular flexibility index (Phi) is 4.88. The molecule has 132 valence electrons. The summed E-state index contributed by atoms with van der Waals surface area (Å²) in [7, 11) is 0. The van der Waals surface area contributed by atoms with E-state index in [9.17, 15) is 9.59 Å². The zero-order chi connectivity index (χ0) is 18.1. The Morgan fingerprint density at radius 3 is 2.85 bits per heavy atom. The monoisotopic (exact) mass is 447 g/mol. The quantitative estimate of drug-likeness (QED) is 0.646. The van der Waals surface area contributed by atoms with Gasteiger partial charge in [0.25, 0.3) is 11.8 Å². The maximum absolute atomic E-state index is 12.8. The van der Waals surface area contributed by atoms with E-state index in [1.54, 1.807) is 11.4 Å². The number of thiophene rings is 1. The first kappa shape index (κ1) is 17.4. The van der Waals surface area contributed by atoms with Crippen LogP contribution < -0.4 is 5.32 Å². The van der Waals surface area contributed by atoms with Gasteiger partial charge in [-0.3, -0.25) is 14.9 Å². The van der Waals surface area contributed by atoms with Crippen LogP contribution in [0.5, 0.6) is 0 Å². The summed E-state index contributed by atoms with van der Waals surface area (Å²) in [6.45, 7) is 1.14. The van der Waals surface area contributed by atoms with Crippen LogP contribution in [0.1, 0.15) is 31.3 Å². The summed E-state index contributed by atoms with van der Waals surface area (Å²) in [5.74, 6) is -0.154. The van der Waals surface area contributed by atoms with Crippen LogP contribution >= 0.6 is 38.6 Å². The number of nitrogens with one attached hydrogen (secondary N) is 1. The number of hydrogen-bond acceptors (Lipinski definition) is 5. The van der Waals surface area contributed by atoms with Crippen molar-refractivity contribution < 1.29 is 9.59 Å². The summed E-state index contributed by atoms with van der Waals surface area (Å²) in [4.78, 5) is 32.3. The van der Waals surface area contributed by atoms with E-state index < -0.39 is 0 Å². The standard InChI is InChI=1S/C18H14BrN3O2S2/c19-13-4-2-1-3-12(13)17(24)22-7-5-14-15(9-22)26-18(20-14)21-16(23)11-6-8-25-10-11/h1-4,6,8,10H,5,7,9H2,(H,20,21,23). The van der Waals surface area contributed by atoms with Gasteiger partial charge in [0.2, 0.25) is 0 Å². The Bertz CT molecular complexity index is 969. The fourth-order valence-electron chi connectivity index (χ4n) is 2.79. The van der Waals surface area contributed by atoms with Crippen molar-refractivity contribution in [1.29, 1.82) is 0 Å². The summed E-state index contributed by atoms with van der Waals surface area (Å²) >= 11 is 6.36. The molecule has 8 heteroatoms. The molecular formula is C18H14BrN3O2S2. The summed E-state index contributed by atoms with van der Waals surface area (Å²) < 4.78 is 0.795. The second-order valence-electron chi connectivity index (χ2n) is 5.81. The summed E-state index contributed by atoms with van der Waals surface area (Å²) in [6.07, 6.45) is 0.691. The molecular weight excluding hydrogens is 434 g/mol. The first-order valence-electron chi connectivity index (χ1n) is 7.98. The summed E-state index contributed by atoms with van der Waals surface area (Å²) in [5.41, 5.74) is 2.26. The SMILES string of the molecule is O=C(Nc1nc2c(s1)CN(C(=O)c1ccccc1Br)CC2)c1ccsc1. The molecule has 26 heavy (non-hydrogen) atoms. The van der Waals surface area contributed by atoms with E-state index >= 15 is 0 Å². The number of fused-ring (bicyclic) bond motifs is 1. The van der Waals surface area contributed by atoms with Gasteiger partial charge in [-0.15, -0.1) is 0 Å². The van der Waals surface area contributed by atoms with Gasteiger partial charge in [0.1, 0.15) is 0 Å². The zero-order valence-electron chi connectivity index (χ0n) is 13.6. The molecule has 0 bridgehead atoms. The van der Waals surface area contributed by atoms with E-state index in [1.165, 1.54) is 22.7 Å². The van der Waals surface area contributed by atoms with Gasteiger partial charge in [0.15, 0.2) is 5.13 Å². The molecule has 0 atom stereocenters. The molecule has 0 fully saturated rings. The van der Waals surface area contributed by atoms with Gasteiger partial charge in [-0.25, -0.2) is 4.98 Å². The average molecular weight is 448 g/mol. The first-order valence-corrected chi connectivity index (χ1v) is 10.5. The maximum Gasteiger partial charge on any atom is 0.258 e. The van der Waals surface area contributed by atoms with Crippen molar-refractivity contribution >= 4 is 55.5 Å². The number of carbonyl (C=O) groups excluding carboxylic acids is 2. The summed E-state index contributed by atoms with van der Waals surface area (Å²) in [5, 5.41) is 7.11. The number of hydrogen-bond donors (Lipinski definition) is 1. The molecule has 2 amide bonds. The zero-order valence-corrected chi connectivity index (χ0v) is 16.8. The number of rotatable bonds is 3. The minimum Gasteiger partial charge on any atom is -0.333 e. The Hall–Kier alpha value is -2.03. The number of thiazole rings is 1. The highest BCUT2D eigenvalue weighted by Crippen LogP contribution is 2.30. The van der Waals surface area contributed by atoms with Crippen LogP contribution in [0, 0.1) is 0 Å². The van der Waals surface area contributed by atoms with E-state index in [1.807, 2.05) is 34.5 Å². The lowest BCUT2D eigenvalue weighted by Gasteiger charge is -2.26. The summed E-state index contributed by atoms with van der Waals surface area (Å²) in [6, 6.07) is 9.22. The topological polar surface area (TPSA) is 62.3 Å². The lowest BCUT2D eigenvalue weighted by Crippen LogP contribution is -2.35. The molecule has 0 aliphatic carbocycles. The predicted octanol–water partition coefficient (Wildman–Crippen LogP) is 4.42. The Balaban J connectivity index is 1.49. The van der Waals surface area contributed by atoms with Crippen molar-refractivity contribution in [3.05, 3.63) is 67.3 Å². The van der Waals surface area contributed by atoms with Crippen LogP contribution in [0.2, 0.25) is 0 Å². The second-order valence-corrected chi connectivity index (χ2v) is 8.53. The van der Waals surface area contributed by atoms with Crippen LogP contribution in [0.4, 0.5) is 5.13 Å². The third kappa shape index (κ3) is 3.44. The molecule has 1 N–H and O–H groups in total. The number of aromatic nitrogens is 1. The number of carbonyl (C=O) groups is 2. The molecule has 3 heterocycles. The van der Waals surface area contributed by atoms with Crippen molar-refractivity contribution in [2.24, 2.45) is 0 Å². The van der Waals surface area contributed by atoms with E-state index in [2.05, 4.69) is 26.2 Å². The Morgan fingerprint density at radius 1 is 1.23 bits per heavy atom. The first-order chi connectivity index (χ1) is 12.6. The van der Waals surface area contributed by atoms with Crippen molar-refractivity contribution in [3.8, 4) is 0 Å². The molecule has 1 aliphatic rings. The number of halogens is 1. The molecule has 5 nitrogen and oxygen atoms in total. The third-order valence-electron chi connectivity index (χ3n) is 4.13. The van der Waals surface area contributed by atoms with E-state index in [4.69, 9.17) is 0 Å². The molecule has 2 aromatic heterocycles. The van der Waals surface area contributed by atoms with E-state index in [0.29, 0.717) is 35.8 Å². The van der Waals surface area contributed by atoms with Gasteiger partial charge in [-0.05, 0) is 39.5 Å². The molecule has 0 unspecified atom stereocenters. The average Bonchev–Trinajstić information content (AvgIpc) is 3.30. The largest absolute Gasteiger partial charge is 0.333 e. The molecule has 4 rings (SSSR count). The molecule has 1 aliphatic heterocycles. The highest BCUT2D eigenvalue weighted by Gasteiger charge is 2.26. The second kappa shape index (κ2) is 7.30. The van der Waals surface area contributed by atoms with Crippen molar-refractivity contribution in [3.63, 3.8) is 0 Å². The fourth-order valence-corrected chi connectivity index (χ4v) is 4.90. The molecule has 0 radical (unpaired) electrons. The molecule has 1 aromatic carbocycles. The van der Waals surface area contributed by atoms with Crippen LogP contribution in [0.25, 0.3) is 0 Å². The Labute approximate surface area is 166 Å². The van der Waals surface area contributed by atoms with Crippen molar-refractivity contribution in [1.82, 2.24) is 9.88 Å². The maximum atomic E-state index is 12.8. The molecule has 0 saturated heterocycles. The smallest absolute Gasteiger partial charge is 0.258 e. The number of nitrogens with zero attached hydrogens (tertiary/aromatic N) is 2. The van der Waals surface area contributed by atoms with Gasteiger partial charge >= 0.3 is 0 Å². The highest BCUT2D eigenvalue weighted by atomic mass is 79.9. The van der Waals surface area contributed by atoms with Gasteiger partial charge in [-0.1, -0.05) is 23.5 Å². The van der Waals surface area contributed by atoms with Crippen LogP contribution in [-0.4, -0.2) is 28.2 Å². The molecule has 3 aromatic rings. The van der Waals surface area contributed by atoms with Gasteiger partial charge in [0, 0.05) is 27.7 Å².